The third kappa shape index (κ3) is 4.02. The van der Waals surface area contributed by atoms with Crippen molar-refractivity contribution in [2.24, 2.45) is 5.73 Å². The second kappa shape index (κ2) is 6.14. The molecule has 0 heterocycles. The Balaban J connectivity index is 3.02. The number of rotatable bonds is 6. The van der Waals surface area contributed by atoms with Gasteiger partial charge < -0.3 is 11.1 Å². The molecule has 0 fully saturated rings. The van der Waals surface area contributed by atoms with Crippen LogP contribution in [0.25, 0.3) is 0 Å². The molecule has 4 N–H and O–H groups in total. The monoisotopic (exact) mass is 285 g/mol. The van der Waals surface area contributed by atoms with Crippen LogP contribution in [-0.4, -0.2) is 34.0 Å². The van der Waals surface area contributed by atoms with Gasteiger partial charge in [-0.1, -0.05) is 6.07 Å². The van der Waals surface area contributed by atoms with Gasteiger partial charge in [-0.25, -0.2) is 13.1 Å². The Kier molecular flexibility index (Phi) is 5.04. The van der Waals surface area contributed by atoms with E-state index in [2.05, 4.69) is 10.0 Å². The first kappa shape index (κ1) is 15.6. The summed E-state index contributed by atoms with van der Waals surface area (Å²) in [6.45, 7) is 3.82. The first-order chi connectivity index (χ1) is 8.77. The number of carbonyl (C=O) groups excluding carboxylic acids is 1. The van der Waals surface area contributed by atoms with Crippen LogP contribution in [0.3, 0.4) is 0 Å². The molecule has 0 saturated heterocycles. The maximum atomic E-state index is 12.0. The van der Waals surface area contributed by atoms with Gasteiger partial charge in [0.05, 0.1) is 4.90 Å². The van der Waals surface area contributed by atoms with E-state index in [-0.39, 0.29) is 23.0 Å². The van der Waals surface area contributed by atoms with Crippen LogP contribution in [0.15, 0.2) is 23.1 Å². The van der Waals surface area contributed by atoms with Gasteiger partial charge >= 0.3 is 0 Å². The van der Waals surface area contributed by atoms with Crippen molar-refractivity contribution in [1.82, 2.24) is 10.0 Å². The van der Waals surface area contributed by atoms with Crippen molar-refractivity contribution in [3.63, 3.8) is 0 Å². The Bertz CT molecular complexity index is 570. The first-order valence-electron chi connectivity index (χ1n) is 5.85. The van der Waals surface area contributed by atoms with Crippen LogP contribution in [0.2, 0.25) is 0 Å². The van der Waals surface area contributed by atoms with Gasteiger partial charge in [0.1, 0.15) is 0 Å². The summed E-state index contributed by atoms with van der Waals surface area (Å²) in [7, 11) is -1.89. The molecule has 1 unspecified atom stereocenters. The van der Waals surface area contributed by atoms with Crippen molar-refractivity contribution in [1.29, 1.82) is 0 Å². The van der Waals surface area contributed by atoms with Crippen molar-refractivity contribution in [2.75, 3.05) is 13.6 Å². The minimum atomic E-state index is -3.64. The molecule has 0 aliphatic rings. The molecule has 106 valence electrons. The molecular formula is C12H19N3O3S. The largest absolute Gasteiger partial charge is 0.366 e. The zero-order valence-corrected chi connectivity index (χ0v) is 12.0. The molecular weight excluding hydrogens is 266 g/mol. The SMILES string of the molecule is CNC(C)CNS(=O)(=O)c1ccc(C)c(C(N)=O)c1. The second-order valence-electron chi connectivity index (χ2n) is 4.38. The molecule has 0 bridgehead atoms. The smallest absolute Gasteiger partial charge is 0.249 e. The van der Waals surface area contributed by atoms with Crippen LogP contribution >= 0.6 is 0 Å². The highest BCUT2D eigenvalue weighted by molar-refractivity contribution is 7.89. The van der Waals surface area contributed by atoms with E-state index < -0.39 is 15.9 Å². The Labute approximate surface area is 113 Å². The van der Waals surface area contributed by atoms with Gasteiger partial charge in [0, 0.05) is 18.2 Å². The van der Waals surface area contributed by atoms with Crippen LogP contribution in [0.5, 0.6) is 0 Å². The number of carbonyl (C=O) groups is 1. The van der Waals surface area contributed by atoms with E-state index in [1.165, 1.54) is 12.1 Å². The lowest BCUT2D eigenvalue weighted by Crippen LogP contribution is -2.37. The van der Waals surface area contributed by atoms with Gasteiger partial charge in [0.25, 0.3) is 0 Å². The number of benzene rings is 1. The number of likely N-dealkylation sites (N-methyl/N-ethyl adjacent to an activating group) is 1. The van der Waals surface area contributed by atoms with E-state index in [4.69, 9.17) is 5.73 Å². The number of aryl methyl sites for hydroxylation is 1. The highest BCUT2D eigenvalue weighted by Gasteiger charge is 2.17. The normalized spacial score (nSPS) is 13.2. The van der Waals surface area contributed by atoms with Crippen LogP contribution in [0.4, 0.5) is 0 Å². The van der Waals surface area contributed by atoms with Gasteiger partial charge in [0.15, 0.2) is 0 Å². The predicted molar refractivity (Wildman–Crippen MR) is 73.4 cm³/mol. The number of nitrogens with one attached hydrogen (secondary N) is 2. The summed E-state index contributed by atoms with van der Waals surface area (Å²) in [6, 6.07) is 4.32. The number of hydrogen-bond donors (Lipinski definition) is 3. The standard InChI is InChI=1S/C12H19N3O3S/c1-8-4-5-10(6-11(8)12(13)16)19(17,18)15-7-9(2)14-3/h4-6,9,14-15H,7H2,1-3H3,(H2,13,16). The Morgan fingerprint density at radius 2 is 2.05 bits per heavy atom. The molecule has 0 spiro atoms. The zero-order chi connectivity index (χ0) is 14.6. The molecule has 1 aromatic rings. The molecule has 1 amide bonds. The van der Waals surface area contributed by atoms with Crippen LogP contribution < -0.4 is 15.8 Å². The summed E-state index contributed by atoms with van der Waals surface area (Å²) in [5, 5.41) is 2.93. The Morgan fingerprint density at radius 3 is 2.58 bits per heavy atom. The quantitative estimate of drug-likeness (QED) is 0.683. The van der Waals surface area contributed by atoms with Crippen molar-refractivity contribution in [2.45, 2.75) is 24.8 Å². The van der Waals surface area contributed by atoms with Gasteiger partial charge in [-0.3, -0.25) is 4.79 Å². The predicted octanol–water partition coefficient (Wildman–Crippen LogP) is -0.0199. The fraction of sp³-hybridized carbons (Fsp3) is 0.417. The number of primary amides is 1. The molecule has 7 heteroatoms. The summed E-state index contributed by atoms with van der Waals surface area (Å²) < 4.78 is 26.6. The van der Waals surface area contributed by atoms with Crippen LogP contribution in [-0.2, 0) is 10.0 Å². The highest BCUT2D eigenvalue weighted by Crippen LogP contribution is 2.15. The third-order valence-electron chi connectivity index (χ3n) is 2.86. The van der Waals surface area contributed by atoms with Gasteiger partial charge in [-0.05, 0) is 38.6 Å². The molecule has 1 rings (SSSR count). The molecule has 19 heavy (non-hydrogen) atoms. The van der Waals surface area contributed by atoms with E-state index in [0.717, 1.165) is 0 Å². The average Bonchev–Trinajstić information content (AvgIpc) is 2.35. The van der Waals surface area contributed by atoms with Crippen molar-refractivity contribution < 1.29 is 13.2 Å². The van der Waals surface area contributed by atoms with Gasteiger partial charge in [-0.2, -0.15) is 0 Å². The topological polar surface area (TPSA) is 101 Å². The molecule has 0 aliphatic heterocycles. The Morgan fingerprint density at radius 1 is 1.42 bits per heavy atom. The lowest BCUT2D eigenvalue weighted by atomic mass is 10.1. The van der Waals surface area contributed by atoms with Crippen LogP contribution in [0.1, 0.15) is 22.8 Å². The number of nitrogens with two attached hydrogens (primary N) is 1. The summed E-state index contributed by atoms with van der Waals surface area (Å²) in [6.07, 6.45) is 0. The second-order valence-corrected chi connectivity index (χ2v) is 6.15. The molecule has 0 radical (unpaired) electrons. The zero-order valence-electron chi connectivity index (χ0n) is 11.2. The van der Waals surface area contributed by atoms with Gasteiger partial charge in [-0.15, -0.1) is 0 Å². The molecule has 0 aromatic heterocycles. The molecule has 6 nitrogen and oxygen atoms in total. The highest BCUT2D eigenvalue weighted by atomic mass is 32.2. The fourth-order valence-electron chi connectivity index (χ4n) is 1.45. The molecule has 0 saturated carbocycles. The Hall–Kier alpha value is -1.44. The molecule has 0 aliphatic carbocycles. The fourth-order valence-corrected chi connectivity index (χ4v) is 2.61. The minimum Gasteiger partial charge on any atom is -0.366 e. The van der Waals surface area contributed by atoms with Crippen molar-refractivity contribution >= 4 is 15.9 Å². The van der Waals surface area contributed by atoms with Crippen LogP contribution in [0, 0.1) is 6.92 Å². The number of amides is 1. The first-order valence-corrected chi connectivity index (χ1v) is 7.33. The molecule has 1 aromatic carbocycles. The number of hydrogen-bond acceptors (Lipinski definition) is 4. The van der Waals surface area contributed by atoms with Gasteiger partial charge in [0.2, 0.25) is 15.9 Å². The van der Waals surface area contributed by atoms with E-state index >= 15 is 0 Å². The van der Waals surface area contributed by atoms with E-state index in [1.54, 1.807) is 20.0 Å². The van der Waals surface area contributed by atoms with E-state index in [1.807, 2.05) is 6.92 Å². The summed E-state index contributed by atoms with van der Waals surface area (Å²) in [5.74, 6) is -0.641. The van der Waals surface area contributed by atoms with E-state index in [9.17, 15) is 13.2 Å². The lowest BCUT2D eigenvalue weighted by molar-refractivity contribution is 0.0999. The minimum absolute atomic E-state index is 0.0100. The van der Waals surface area contributed by atoms with E-state index in [0.29, 0.717) is 5.56 Å². The lowest BCUT2D eigenvalue weighted by Gasteiger charge is -2.12. The summed E-state index contributed by atoms with van der Waals surface area (Å²) in [4.78, 5) is 11.2. The maximum absolute atomic E-state index is 12.0. The van der Waals surface area contributed by atoms with Crippen molar-refractivity contribution in [3.05, 3.63) is 29.3 Å². The van der Waals surface area contributed by atoms with Crippen molar-refractivity contribution in [3.8, 4) is 0 Å². The third-order valence-corrected chi connectivity index (χ3v) is 4.28. The summed E-state index contributed by atoms with van der Waals surface area (Å²) in [5.41, 5.74) is 6.07. The molecule has 1 atom stereocenters. The maximum Gasteiger partial charge on any atom is 0.249 e. The average molecular weight is 285 g/mol. The summed E-state index contributed by atoms with van der Waals surface area (Å²) >= 11 is 0. The number of sulfonamides is 1.